The maximum absolute atomic E-state index is 12.8. The van der Waals surface area contributed by atoms with Crippen molar-refractivity contribution in [2.45, 2.75) is 25.2 Å². The van der Waals surface area contributed by atoms with Gasteiger partial charge in [-0.25, -0.2) is 0 Å². The van der Waals surface area contributed by atoms with E-state index in [2.05, 4.69) is 0 Å². The molecule has 0 radical (unpaired) electrons. The monoisotopic (exact) mass is 536 g/mol. The number of carboxylic acids is 1. The zero-order chi connectivity index (χ0) is 24.9. The predicted molar refractivity (Wildman–Crippen MR) is 131 cm³/mol. The Balaban J connectivity index is 0.00000361. The number of hydrogen-bond donors (Lipinski definition) is 1. The number of ether oxygens (including phenoxy) is 2. The third-order valence-corrected chi connectivity index (χ3v) is 6.51. The van der Waals surface area contributed by atoms with Gasteiger partial charge in [0.15, 0.2) is 5.78 Å². The van der Waals surface area contributed by atoms with Crippen molar-refractivity contribution in [1.29, 1.82) is 0 Å². The molecule has 2 atom stereocenters. The topological polar surface area (TPSA) is 95.9 Å². The van der Waals surface area contributed by atoms with Crippen LogP contribution < -0.4 is 44.1 Å². The van der Waals surface area contributed by atoms with Crippen molar-refractivity contribution in [2.75, 3.05) is 13.2 Å². The van der Waals surface area contributed by atoms with Crippen LogP contribution in [0.4, 0.5) is 0 Å². The summed E-state index contributed by atoms with van der Waals surface area (Å²) in [6.07, 6.45) is 1.09. The van der Waals surface area contributed by atoms with Crippen molar-refractivity contribution in [3.8, 4) is 17.2 Å². The fourth-order valence-electron chi connectivity index (χ4n) is 4.08. The van der Waals surface area contributed by atoms with Gasteiger partial charge in [-0.3, -0.25) is 4.79 Å². The third-order valence-electron chi connectivity index (χ3n) is 5.96. The van der Waals surface area contributed by atoms with E-state index in [1.54, 1.807) is 42.5 Å². The molecule has 36 heavy (non-hydrogen) atoms. The summed E-state index contributed by atoms with van der Waals surface area (Å²) in [5.74, 6) is -1.08. The quantitative estimate of drug-likeness (QED) is 0.331. The molecule has 0 saturated carbocycles. The van der Waals surface area contributed by atoms with E-state index in [-0.39, 0.29) is 65.9 Å². The van der Waals surface area contributed by atoms with E-state index in [0.717, 1.165) is 5.56 Å². The maximum Gasteiger partial charge on any atom is 1.00 e. The number of fused-ring (bicyclic) bond motifs is 1. The molecule has 0 aromatic heterocycles. The van der Waals surface area contributed by atoms with Crippen LogP contribution in [0.25, 0.3) is 0 Å². The van der Waals surface area contributed by atoms with E-state index < -0.39 is 11.9 Å². The summed E-state index contributed by atoms with van der Waals surface area (Å²) in [7, 11) is 0. The molecular formula is C27H23Cl2NaO6. The molecule has 1 heterocycles. The van der Waals surface area contributed by atoms with E-state index in [4.69, 9.17) is 32.7 Å². The van der Waals surface area contributed by atoms with Crippen molar-refractivity contribution < 1.29 is 58.8 Å². The van der Waals surface area contributed by atoms with Gasteiger partial charge in [-0.15, -0.1) is 0 Å². The van der Waals surface area contributed by atoms with Gasteiger partial charge in [-0.05, 0) is 66.8 Å². The van der Waals surface area contributed by atoms with Gasteiger partial charge < -0.3 is 24.5 Å². The van der Waals surface area contributed by atoms with Crippen LogP contribution in [0, 0.1) is 5.92 Å². The third kappa shape index (κ3) is 7.03. The molecule has 1 N–H and O–H groups in total. The average molecular weight is 537 g/mol. The minimum atomic E-state index is -1.17. The van der Waals surface area contributed by atoms with Crippen molar-refractivity contribution >= 4 is 35.0 Å². The van der Waals surface area contributed by atoms with Crippen LogP contribution in [0.3, 0.4) is 0 Å². The Morgan fingerprint density at radius 2 is 1.78 bits per heavy atom. The van der Waals surface area contributed by atoms with Crippen molar-refractivity contribution in [1.82, 2.24) is 0 Å². The second-order valence-electron chi connectivity index (χ2n) is 8.46. The van der Waals surface area contributed by atoms with Crippen LogP contribution in [-0.2, 0) is 11.2 Å². The normalized spacial score (nSPS) is 15.1. The number of carbonyl (C=O) groups is 2. The fourth-order valence-corrected chi connectivity index (χ4v) is 4.42. The summed E-state index contributed by atoms with van der Waals surface area (Å²) in [6.45, 7) is 0.156. The summed E-state index contributed by atoms with van der Waals surface area (Å²) >= 11 is 12.2. The molecule has 1 aliphatic rings. The fraction of sp³-hybridized carbons (Fsp3) is 0.259. The number of halogens is 2. The molecule has 0 saturated heterocycles. The second-order valence-corrected chi connectivity index (χ2v) is 9.31. The SMILES string of the molecule is O=C(CC(CO)Cc1ccc(Cl)cc1)c1ccc(Oc2cc3c(cc2Cl)C(C(=O)[O-])CCO3)cc1.[Na+]. The zero-order valence-corrected chi connectivity index (χ0v) is 23.2. The molecule has 0 aliphatic carbocycles. The van der Waals surface area contributed by atoms with Gasteiger partial charge in [0.2, 0.25) is 0 Å². The Bertz CT molecular complexity index is 1210. The minimum Gasteiger partial charge on any atom is -0.549 e. The molecule has 6 nitrogen and oxygen atoms in total. The van der Waals surface area contributed by atoms with Crippen LogP contribution >= 0.6 is 23.2 Å². The van der Waals surface area contributed by atoms with Crippen LogP contribution in [0.2, 0.25) is 10.0 Å². The first-order valence-electron chi connectivity index (χ1n) is 11.2. The van der Waals surface area contributed by atoms with Gasteiger partial charge in [-0.2, -0.15) is 0 Å². The minimum absolute atomic E-state index is 0. The summed E-state index contributed by atoms with van der Waals surface area (Å²) in [4.78, 5) is 24.2. The number of carbonyl (C=O) groups excluding carboxylic acids is 2. The molecule has 4 rings (SSSR count). The number of carboxylic acid groups (broad SMARTS) is 1. The standard InChI is InChI=1S/C27H24Cl2O6.Na/c28-19-5-1-16(2-6-19)11-17(15-30)12-24(31)18-3-7-20(8-4-18)35-26-14-25-22(13-23(26)29)21(27(32)33)9-10-34-25;/h1-8,13-14,17,21,30H,9-12,15H2,(H,32,33);/q;+1/p-1. The number of ketones is 1. The molecule has 1 aliphatic heterocycles. The van der Waals surface area contributed by atoms with Crippen LogP contribution in [0.15, 0.2) is 60.7 Å². The Morgan fingerprint density at radius 1 is 1.08 bits per heavy atom. The van der Waals surface area contributed by atoms with Gasteiger partial charge in [0, 0.05) is 47.1 Å². The molecule has 0 fully saturated rings. The first-order valence-corrected chi connectivity index (χ1v) is 11.9. The first kappa shape index (κ1) is 28.5. The number of aliphatic hydroxyl groups excluding tert-OH is 1. The van der Waals surface area contributed by atoms with Gasteiger partial charge in [0.05, 0.1) is 11.6 Å². The second kappa shape index (κ2) is 13.0. The van der Waals surface area contributed by atoms with E-state index in [1.165, 1.54) is 6.07 Å². The zero-order valence-electron chi connectivity index (χ0n) is 19.7. The van der Waals surface area contributed by atoms with E-state index in [1.807, 2.05) is 12.1 Å². The number of Topliss-reactive ketones (excluding diaryl/α,β-unsaturated/α-hetero) is 1. The Labute approximate surface area is 241 Å². The van der Waals surface area contributed by atoms with Crippen LogP contribution in [-0.4, -0.2) is 30.1 Å². The van der Waals surface area contributed by atoms with Crippen molar-refractivity contribution in [3.63, 3.8) is 0 Å². The first-order chi connectivity index (χ1) is 16.8. The van der Waals surface area contributed by atoms with Crippen LogP contribution in [0.1, 0.15) is 40.2 Å². The van der Waals surface area contributed by atoms with E-state index >= 15 is 0 Å². The predicted octanol–water partition coefficient (Wildman–Crippen LogP) is 1.83. The van der Waals surface area contributed by atoms with Crippen molar-refractivity contribution in [2.24, 2.45) is 5.92 Å². The molecule has 3 aromatic carbocycles. The van der Waals surface area contributed by atoms with Gasteiger partial charge in [0.25, 0.3) is 0 Å². The van der Waals surface area contributed by atoms with Gasteiger partial charge in [0.1, 0.15) is 17.2 Å². The Morgan fingerprint density at radius 3 is 2.42 bits per heavy atom. The van der Waals surface area contributed by atoms with Crippen LogP contribution in [0.5, 0.6) is 17.2 Å². The smallest absolute Gasteiger partial charge is 0.549 e. The number of aliphatic hydroxyl groups is 1. The van der Waals surface area contributed by atoms with Crippen molar-refractivity contribution in [3.05, 3.63) is 87.4 Å². The Hall–Kier alpha value is -2.06. The largest absolute Gasteiger partial charge is 1.00 e. The molecular weight excluding hydrogens is 514 g/mol. The van der Waals surface area contributed by atoms with E-state index in [0.29, 0.717) is 46.2 Å². The number of aliphatic carboxylic acids is 1. The number of benzene rings is 3. The Kier molecular flexibility index (Phi) is 10.3. The molecule has 182 valence electrons. The maximum atomic E-state index is 12.8. The average Bonchev–Trinajstić information content (AvgIpc) is 2.85. The molecule has 9 heteroatoms. The summed E-state index contributed by atoms with van der Waals surface area (Å²) in [5.41, 5.74) is 1.97. The molecule has 0 bridgehead atoms. The van der Waals surface area contributed by atoms with Gasteiger partial charge in [-0.1, -0.05) is 35.3 Å². The van der Waals surface area contributed by atoms with Gasteiger partial charge >= 0.3 is 29.6 Å². The molecule has 2 unspecified atom stereocenters. The number of hydrogen-bond acceptors (Lipinski definition) is 6. The summed E-state index contributed by atoms with van der Waals surface area (Å²) in [6, 6.07) is 17.1. The van der Waals surface area contributed by atoms with E-state index in [9.17, 15) is 19.8 Å². The molecule has 0 spiro atoms. The summed E-state index contributed by atoms with van der Waals surface area (Å²) < 4.78 is 11.4. The molecule has 3 aromatic rings. The number of rotatable bonds is 9. The molecule has 0 amide bonds. The summed E-state index contributed by atoms with van der Waals surface area (Å²) in [5, 5.41) is 22.0.